The Morgan fingerprint density at radius 3 is 2.39 bits per heavy atom. The third kappa shape index (κ3) is 5.73. The molecule has 0 aliphatic heterocycles. The molecule has 0 amide bonds. The number of carbonyl (C=O) groups is 1. The van der Waals surface area contributed by atoms with Gasteiger partial charge in [-0.1, -0.05) is 23.9 Å². The number of methoxy groups -OCH3 is 2. The van der Waals surface area contributed by atoms with Crippen LogP contribution in [0, 0.1) is 0 Å². The first-order valence-corrected chi connectivity index (χ1v) is 9.42. The number of hydrogen-bond donors (Lipinski definition) is 0. The van der Waals surface area contributed by atoms with Gasteiger partial charge in [-0.2, -0.15) is 8.78 Å². The quantitative estimate of drug-likeness (QED) is 0.302. The van der Waals surface area contributed by atoms with E-state index in [9.17, 15) is 13.6 Å². The molecule has 150 valence electrons. The van der Waals surface area contributed by atoms with Gasteiger partial charge in [0.2, 0.25) is 0 Å². The molecular weight excluding hydrogens is 386 g/mol. The van der Waals surface area contributed by atoms with Gasteiger partial charge in [0, 0.05) is 11.1 Å². The van der Waals surface area contributed by atoms with Crippen molar-refractivity contribution < 1.29 is 27.8 Å². The first kappa shape index (κ1) is 21.8. The maximum absolute atomic E-state index is 12.6. The highest BCUT2D eigenvalue weighted by Gasteiger charge is 2.14. The molecule has 0 atom stereocenters. The molecule has 0 radical (unpaired) electrons. The molecule has 0 N–H and O–H groups in total. The van der Waals surface area contributed by atoms with Crippen molar-refractivity contribution in [3.05, 3.63) is 53.6 Å². The Hall–Kier alpha value is -2.54. The Morgan fingerprint density at radius 1 is 1.07 bits per heavy atom. The second-order valence-electron chi connectivity index (χ2n) is 5.99. The van der Waals surface area contributed by atoms with Crippen molar-refractivity contribution in [1.29, 1.82) is 0 Å². The van der Waals surface area contributed by atoms with E-state index in [0.717, 1.165) is 0 Å². The van der Waals surface area contributed by atoms with E-state index in [1.807, 2.05) is 19.9 Å². The van der Waals surface area contributed by atoms with Gasteiger partial charge in [-0.15, -0.1) is 0 Å². The first-order chi connectivity index (χ1) is 13.3. The van der Waals surface area contributed by atoms with E-state index in [2.05, 4.69) is 0 Å². The molecule has 2 aromatic carbocycles. The minimum absolute atomic E-state index is 0.0664. The zero-order valence-corrected chi connectivity index (χ0v) is 16.9. The van der Waals surface area contributed by atoms with Crippen molar-refractivity contribution in [2.24, 2.45) is 0 Å². The van der Waals surface area contributed by atoms with E-state index < -0.39 is 5.76 Å². The maximum atomic E-state index is 12.6. The highest BCUT2D eigenvalue weighted by molar-refractivity contribution is 7.99. The summed E-state index contributed by atoms with van der Waals surface area (Å²) in [6.07, 6.45) is 2.97. The first-order valence-electron chi connectivity index (χ1n) is 8.54. The molecule has 0 saturated heterocycles. The number of allylic oxidation sites excluding steroid dienone is 1. The zero-order valence-electron chi connectivity index (χ0n) is 16.1. The van der Waals surface area contributed by atoms with Gasteiger partial charge in [-0.05, 0) is 50.3 Å². The van der Waals surface area contributed by atoms with Crippen LogP contribution in [0.1, 0.15) is 29.8 Å². The predicted molar refractivity (Wildman–Crippen MR) is 107 cm³/mol. The SMILES string of the molecule is COc1cc(C(=O)C=Cc2cccc(OC)c2OC(C)C)ccc1SC(F)F. The largest absolute Gasteiger partial charge is 0.496 e. The number of halogens is 2. The lowest BCUT2D eigenvalue weighted by atomic mass is 10.1. The molecule has 0 spiro atoms. The molecule has 0 unspecified atom stereocenters. The number of carbonyl (C=O) groups excluding carboxylic acids is 1. The lowest BCUT2D eigenvalue weighted by molar-refractivity contribution is 0.104. The van der Waals surface area contributed by atoms with Gasteiger partial charge in [0.25, 0.3) is 5.76 Å². The minimum atomic E-state index is -2.57. The molecule has 0 aromatic heterocycles. The molecule has 4 nitrogen and oxygen atoms in total. The topological polar surface area (TPSA) is 44.8 Å². The number of benzene rings is 2. The standard InChI is InChI=1S/C21H22F2O4S/c1-13(2)27-20-14(6-5-7-17(20)25-3)8-10-16(24)15-9-11-19(28-21(22)23)18(12-15)26-4/h5-13,21H,1-4H3. The second kappa shape index (κ2) is 10.1. The molecular formula is C21H22F2O4S. The van der Waals surface area contributed by atoms with Crippen LogP contribution in [0.5, 0.6) is 17.2 Å². The molecule has 0 fully saturated rings. The summed E-state index contributed by atoms with van der Waals surface area (Å²) in [4.78, 5) is 12.8. The fourth-order valence-electron chi connectivity index (χ4n) is 2.46. The van der Waals surface area contributed by atoms with Crippen molar-refractivity contribution in [2.75, 3.05) is 14.2 Å². The minimum Gasteiger partial charge on any atom is -0.496 e. The molecule has 0 bridgehead atoms. The van der Waals surface area contributed by atoms with Crippen LogP contribution in [-0.2, 0) is 0 Å². The Labute approximate surface area is 167 Å². The van der Waals surface area contributed by atoms with Gasteiger partial charge >= 0.3 is 0 Å². The normalized spacial score (nSPS) is 11.3. The molecule has 0 heterocycles. The van der Waals surface area contributed by atoms with E-state index >= 15 is 0 Å². The average Bonchev–Trinajstić information content (AvgIpc) is 2.66. The van der Waals surface area contributed by atoms with E-state index in [4.69, 9.17) is 14.2 Å². The lowest BCUT2D eigenvalue weighted by Gasteiger charge is -2.15. The third-order valence-corrected chi connectivity index (χ3v) is 4.43. The van der Waals surface area contributed by atoms with Gasteiger partial charge in [0.05, 0.1) is 25.2 Å². The van der Waals surface area contributed by atoms with E-state index in [-0.39, 0.29) is 22.5 Å². The molecule has 28 heavy (non-hydrogen) atoms. The van der Waals surface area contributed by atoms with Crippen molar-refractivity contribution in [2.45, 2.75) is 30.6 Å². The highest BCUT2D eigenvalue weighted by atomic mass is 32.2. The predicted octanol–water partition coefficient (Wildman–Crippen LogP) is 5.70. The fourth-order valence-corrected chi connectivity index (χ4v) is 3.06. The maximum Gasteiger partial charge on any atom is 0.289 e. The van der Waals surface area contributed by atoms with Crippen LogP contribution in [0.3, 0.4) is 0 Å². The summed E-state index contributed by atoms with van der Waals surface area (Å²) in [6, 6.07) is 9.80. The zero-order chi connectivity index (χ0) is 20.7. The summed E-state index contributed by atoms with van der Waals surface area (Å²) >= 11 is 0.374. The van der Waals surface area contributed by atoms with Gasteiger partial charge in [-0.3, -0.25) is 4.79 Å². The van der Waals surface area contributed by atoms with Gasteiger partial charge < -0.3 is 14.2 Å². The molecule has 7 heteroatoms. The van der Waals surface area contributed by atoms with Crippen LogP contribution in [-0.4, -0.2) is 31.9 Å². The fraction of sp³-hybridized carbons (Fsp3) is 0.286. The van der Waals surface area contributed by atoms with Crippen molar-refractivity contribution in [3.63, 3.8) is 0 Å². The summed E-state index contributed by atoms with van der Waals surface area (Å²) in [7, 11) is 2.92. The van der Waals surface area contributed by atoms with Crippen LogP contribution in [0.15, 0.2) is 47.4 Å². The summed E-state index contributed by atoms with van der Waals surface area (Å²) in [5.74, 6) is -1.51. The van der Waals surface area contributed by atoms with Crippen LogP contribution >= 0.6 is 11.8 Å². The van der Waals surface area contributed by atoms with E-state index in [1.54, 1.807) is 25.3 Å². The van der Waals surface area contributed by atoms with Crippen LogP contribution < -0.4 is 14.2 Å². The van der Waals surface area contributed by atoms with Crippen molar-refractivity contribution in [3.8, 4) is 17.2 Å². The summed E-state index contributed by atoms with van der Waals surface area (Å²) in [5.41, 5.74) is 1.03. The Kier molecular flexibility index (Phi) is 7.87. The van der Waals surface area contributed by atoms with Crippen LogP contribution in [0.4, 0.5) is 8.78 Å². The van der Waals surface area contributed by atoms with Crippen molar-refractivity contribution in [1.82, 2.24) is 0 Å². The number of ketones is 1. The molecule has 0 aliphatic carbocycles. The van der Waals surface area contributed by atoms with E-state index in [1.165, 1.54) is 31.4 Å². The van der Waals surface area contributed by atoms with Crippen LogP contribution in [0.2, 0.25) is 0 Å². The number of thioether (sulfide) groups is 1. The lowest BCUT2D eigenvalue weighted by Crippen LogP contribution is -2.08. The monoisotopic (exact) mass is 408 g/mol. The Balaban J connectivity index is 2.29. The number of hydrogen-bond acceptors (Lipinski definition) is 5. The third-order valence-electron chi connectivity index (χ3n) is 3.66. The van der Waals surface area contributed by atoms with Gasteiger partial charge in [0.15, 0.2) is 17.3 Å². The van der Waals surface area contributed by atoms with E-state index in [0.29, 0.717) is 34.4 Å². The second-order valence-corrected chi connectivity index (χ2v) is 7.02. The smallest absolute Gasteiger partial charge is 0.289 e. The van der Waals surface area contributed by atoms with Crippen molar-refractivity contribution >= 4 is 23.6 Å². The van der Waals surface area contributed by atoms with Gasteiger partial charge in [0.1, 0.15) is 5.75 Å². The highest BCUT2D eigenvalue weighted by Crippen LogP contribution is 2.35. The number of rotatable bonds is 9. The summed E-state index contributed by atoms with van der Waals surface area (Å²) in [6.45, 7) is 3.80. The van der Waals surface area contributed by atoms with Gasteiger partial charge in [-0.25, -0.2) is 0 Å². The molecule has 2 rings (SSSR count). The average molecular weight is 408 g/mol. The number of para-hydroxylation sites is 1. The Morgan fingerprint density at radius 2 is 1.79 bits per heavy atom. The summed E-state index contributed by atoms with van der Waals surface area (Å²) in [5, 5.41) is 0. The molecule has 0 saturated carbocycles. The Bertz CT molecular complexity index is 850. The number of ether oxygens (including phenoxy) is 3. The number of alkyl halides is 2. The molecule has 2 aromatic rings. The van der Waals surface area contributed by atoms with Crippen LogP contribution in [0.25, 0.3) is 6.08 Å². The summed E-state index contributed by atoms with van der Waals surface area (Å²) < 4.78 is 41.5. The molecule has 0 aliphatic rings.